The van der Waals surface area contributed by atoms with Gasteiger partial charge in [-0.2, -0.15) is 0 Å². The molecule has 0 heterocycles. The number of benzene rings is 1. The Balaban J connectivity index is 1.74. The Labute approximate surface area is 129 Å². The van der Waals surface area contributed by atoms with Crippen molar-refractivity contribution in [1.82, 2.24) is 0 Å². The van der Waals surface area contributed by atoms with Crippen LogP contribution in [0.1, 0.15) is 37.7 Å². The van der Waals surface area contributed by atoms with Crippen molar-refractivity contribution in [2.45, 2.75) is 37.5 Å². The van der Waals surface area contributed by atoms with Gasteiger partial charge in [0.2, 0.25) is 0 Å². The summed E-state index contributed by atoms with van der Waals surface area (Å²) < 4.78 is 0. The normalized spacial score (nSPS) is 39.0. The van der Waals surface area contributed by atoms with Crippen LogP contribution < -0.4 is 10.6 Å². The fourth-order valence-corrected chi connectivity index (χ4v) is 5.88. The first-order valence-corrected chi connectivity index (χ1v) is 8.24. The van der Waals surface area contributed by atoms with E-state index in [1.165, 1.54) is 32.1 Å². The van der Waals surface area contributed by atoms with Gasteiger partial charge in [-0.05, 0) is 73.5 Å². The quantitative estimate of drug-likeness (QED) is 0.685. The summed E-state index contributed by atoms with van der Waals surface area (Å²) in [4.78, 5) is 15.3. The van der Waals surface area contributed by atoms with Crippen LogP contribution in [0.4, 0.5) is 0 Å². The maximum Gasteiger partial charge on any atom is 0.299 e. The van der Waals surface area contributed by atoms with Gasteiger partial charge in [0.15, 0.2) is 0 Å². The molecule has 4 bridgehead atoms. The van der Waals surface area contributed by atoms with Gasteiger partial charge in [0.05, 0.1) is 0 Å². The molecule has 5 heteroatoms. The van der Waals surface area contributed by atoms with Crippen molar-refractivity contribution in [2.75, 3.05) is 6.54 Å². The SMILES string of the molecule is NCC1(c2cccc(O[N+](=O)[O-])c2)C2CC3CC(C2)CC1C3. The van der Waals surface area contributed by atoms with Crippen molar-refractivity contribution in [3.8, 4) is 5.75 Å². The zero-order chi connectivity index (χ0) is 15.3. The van der Waals surface area contributed by atoms with E-state index < -0.39 is 5.09 Å². The Hall–Kier alpha value is -1.62. The van der Waals surface area contributed by atoms with Crippen LogP contribution in [-0.2, 0) is 5.41 Å². The number of nitrogens with zero attached hydrogens (tertiary/aromatic N) is 1. The Morgan fingerprint density at radius 1 is 1.18 bits per heavy atom. The highest BCUT2D eigenvalue weighted by Gasteiger charge is 2.57. The first-order valence-electron chi connectivity index (χ1n) is 8.24. The molecule has 0 atom stereocenters. The third-order valence-corrected chi connectivity index (χ3v) is 6.48. The number of rotatable bonds is 4. The predicted molar refractivity (Wildman–Crippen MR) is 81.8 cm³/mol. The van der Waals surface area contributed by atoms with E-state index in [-0.39, 0.29) is 5.41 Å². The van der Waals surface area contributed by atoms with E-state index in [1.807, 2.05) is 12.1 Å². The largest absolute Gasteiger partial charge is 0.330 e. The highest BCUT2D eigenvalue weighted by atomic mass is 17.0. The van der Waals surface area contributed by atoms with Gasteiger partial charge in [-0.25, -0.2) is 0 Å². The Morgan fingerprint density at radius 3 is 2.36 bits per heavy atom. The number of nitrogens with two attached hydrogens (primary N) is 1. The average Bonchev–Trinajstić information content (AvgIpc) is 2.47. The number of hydrogen-bond acceptors (Lipinski definition) is 4. The summed E-state index contributed by atoms with van der Waals surface area (Å²) in [5.74, 6) is 3.31. The van der Waals surface area contributed by atoms with Crippen molar-refractivity contribution < 1.29 is 9.92 Å². The molecular weight excluding hydrogens is 280 g/mol. The maximum atomic E-state index is 10.6. The molecule has 1 aromatic carbocycles. The van der Waals surface area contributed by atoms with Crippen molar-refractivity contribution in [1.29, 1.82) is 0 Å². The van der Waals surface area contributed by atoms with E-state index in [0.29, 0.717) is 24.1 Å². The Morgan fingerprint density at radius 2 is 1.82 bits per heavy atom. The average molecular weight is 302 g/mol. The summed E-state index contributed by atoms with van der Waals surface area (Å²) in [6, 6.07) is 7.43. The summed E-state index contributed by atoms with van der Waals surface area (Å²) in [6.45, 7) is 0.629. The molecule has 0 aliphatic heterocycles. The lowest BCUT2D eigenvalue weighted by molar-refractivity contribution is -0.711. The minimum Gasteiger partial charge on any atom is -0.330 e. The van der Waals surface area contributed by atoms with Crippen LogP contribution in [0.25, 0.3) is 0 Å². The second-order valence-electron chi connectivity index (χ2n) is 7.39. The third kappa shape index (κ3) is 1.95. The lowest BCUT2D eigenvalue weighted by Gasteiger charge is -2.61. The van der Waals surface area contributed by atoms with E-state index in [1.54, 1.807) is 6.07 Å². The smallest absolute Gasteiger partial charge is 0.299 e. The van der Waals surface area contributed by atoms with E-state index in [2.05, 4.69) is 10.9 Å². The van der Waals surface area contributed by atoms with Gasteiger partial charge >= 0.3 is 0 Å². The molecule has 0 unspecified atom stereocenters. The van der Waals surface area contributed by atoms with Gasteiger partial charge in [0.1, 0.15) is 5.75 Å². The highest BCUT2D eigenvalue weighted by molar-refractivity contribution is 5.37. The molecule has 4 aliphatic rings. The van der Waals surface area contributed by atoms with Crippen molar-refractivity contribution in [3.63, 3.8) is 0 Å². The van der Waals surface area contributed by atoms with Gasteiger partial charge in [-0.3, -0.25) is 4.84 Å². The van der Waals surface area contributed by atoms with Crippen LogP contribution in [0.15, 0.2) is 24.3 Å². The van der Waals surface area contributed by atoms with Crippen molar-refractivity contribution >= 4 is 0 Å². The second-order valence-corrected chi connectivity index (χ2v) is 7.39. The molecule has 5 nitrogen and oxygen atoms in total. The lowest BCUT2D eigenvalue weighted by Crippen LogP contribution is -2.58. The molecule has 4 aliphatic carbocycles. The molecule has 5 rings (SSSR count). The van der Waals surface area contributed by atoms with E-state index in [0.717, 1.165) is 17.4 Å². The molecule has 118 valence electrons. The maximum absolute atomic E-state index is 10.6. The van der Waals surface area contributed by atoms with Crippen molar-refractivity contribution in [2.24, 2.45) is 29.4 Å². The lowest BCUT2D eigenvalue weighted by atomic mass is 9.44. The molecule has 0 aromatic heterocycles. The topological polar surface area (TPSA) is 78.4 Å². The summed E-state index contributed by atoms with van der Waals surface area (Å²) in [5.41, 5.74) is 7.43. The van der Waals surface area contributed by atoms with Crippen LogP contribution in [0, 0.1) is 33.8 Å². The van der Waals surface area contributed by atoms with Gasteiger partial charge in [0.25, 0.3) is 5.09 Å². The molecular formula is C17H22N2O3. The summed E-state index contributed by atoms with van der Waals surface area (Å²) >= 11 is 0. The van der Waals surface area contributed by atoms with Crippen LogP contribution in [0.3, 0.4) is 0 Å². The molecule has 0 amide bonds. The minimum atomic E-state index is -0.745. The minimum absolute atomic E-state index is 0.0105. The Bertz CT molecular complexity index is 573. The fourth-order valence-electron chi connectivity index (χ4n) is 5.88. The highest BCUT2D eigenvalue weighted by Crippen LogP contribution is 2.62. The second kappa shape index (κ2) is 4.95. The standard InChI is InChI=1S/C17H22N2O3/c18-10-17(13-2-1-3-16(9-13)22-19(20)21)14-5-11-4-12(7-14)8-15(17)6-11/h1-3,9,11-12,14-15H,4-8,10,18H2. The van der Waals surface area contributed by atoms with E-state index in [9.17, 15) is 10.1 Å². The Kier molecular flexibility index (Phi) is 3.15. The van der Waals surface area contributed by atoms with Crippen LogP contribution >= 0.6 is 0 Å². The summed E-state index contributed by atoms with van der Waals surface area (Å²) in [5, 5.41) is 9.86. The van der Waals surface area contributed by atoms with Gasteiger partial charge in [-0.15, -0.1) is 10.1 Å². The molecule has 22 heavy (non-hydrogen) atoms. The van der Waals surface area contributed by atoms with Crippen molar-refractivity contribution in [3.05, 3.63) is 39.9 Å². The van der Waals surface area contributed by atoms with E-state index in [4.69, 9.17) is 5.73 Å². The van der Waals surface area contributed by atoms with Crippen LogP contribution in [-0.4, -0.2) is 11.6 Å². The molecule has 0 saturated heterocycles. The molecule has 0 radical (unpaired) electrons. The van der Waals surface area contributed by atoms with Gasteiger partial charge in [0, 0.05) is 12.0 Å². The molecule has 1 aromatic rings. The molecule has 2 N–H and O–H groups in total. The van der Waals surface area contributed by atoms with Crippen LogP contribution in [0.5, 0.6) is 5.75 Å². The first-order chi connectivity index (χ1) is 10.6. The van der Waals surface area contributed by atoms with Gasteiger partial charge in [-0.1, -0.05) is 12.1 Å². The predicted octanol–water partition coefficient (Wildman–Crippen LogP) is 2.91. The molecule has 4 saturated carbocycles. The zero-order valence-corrected chi connectivity index (χ0v) is 12.6. The fraction of sp³-hybridized carbons (Fsp3) is 0.647. The zero-order valence-electron chi connectivity index (χ0n) is 12.6. The summed E-state index contributed by atoms with van der Waals surface area (Å²) in [6.07, 6.45) is 6.47. The van der Waals surface area contributed by atoms with E-state index >= 15 is 0 Å². The summed E-state index contributed by atoms with van der Waals surface area (Å²) in [7, 11) is 0. The number of hydrogen-bond donors (Lipinski definition) is 1. The van der Waals surface area contributed by atoms with Gasteiger partial charge < -0.3 is 5.73 Å². The van der Waals surface area contributed by atoms with Crippen LogP contribution in [0.2, 0.25) is 0 Å². The third-order valence-electron chi connectivity index (χ3n) is 6.48. The molecule has 0 spiro atoms. The monoisotopic (exact) mass is 302 g/mol. The first kappa shape index (κ1) is 14.0. The molecule has 4 fully saturated rings.